The third-order valence-electron chi connectivity index (χ3n) is 7.12. The van der Waals surface area contributed by atoms with Crippen LogP contribution in [0.5, 0.6) is 0 Å². The molecule has 1 aliphatic heterocycles. The third-order valence-corrected chi connectivity index (χ3v) is 7.12. The van der Waals surface area contributed by atoms with Gasteiger partial charge in [-0.3, -0.25) is 9.58 Å². The molecule has 0 bridgehead atoms. The normalized spacial score (nSPS) is 18.3. The summed E-state index contributed by atoms with van der Waals surface area (Å²) in [5, 5.41) is 7.99. The van der Waals surface area contributed by atoms with Crippen molar-refractivity contribution >= 4 is 0 Å². The van der Waals surface area contributed by atoms with Gasteiger partial charge in [-0.2, -0.15) is 5.10 Å². The van der Waals surface area contributed by atoms with Gasteiger partial charge in [-0.05, 0) is 64.7 Å². The van der Waals surface area contributed by atoms with E-state index >= 15 is 4.39 Å². The molecule has 1 saturated heterocycles. The van der Waals surface area contributed by atoms with Crippen molar-refractivity contribution in [1.82, 2.24) is 25.0 Å². The standard InChI is InChI=1S/C26H37F2N5/c1-6-8-25(19(3)4)31-22-11-13-32(14-12-22)20(5)26(7-2,16-33-18-29-17-30-33)23-10-9-21(27)15-24(23)28/h6,8-10,15,17-18,20,22,31H,7,11-14,16H2,1-5H3/b8-6-. The minimum Gasteiger partial charge on any atom is -0.382 e. The minimum atomic E-state index is -0.568. The van der Waals surface area contributed by atoms with E-state index in [1.165, 1.54) is 23.7 Å². The molecule has 1 aromatic carbocycles. The first kappa shape index (κ1) is 25.1. The van der Waals surface area contributed by atoms with Crippen LogP contribution in [0.25, 0.3) is 0 Å². The highest BCUT2D eigenvalue weighted by molar-refractivity contribution is 5.30. The number of likely N-dealkylation sites (tertiary alicyclic amines) is 1. The average Bonchev–Trinajstić information content (AvgIpc) is 3.30. The molecule has 7 heteroatoms. The van der Waals surface area contributed by atoms with Crippen LogP contribution in [-0.2, 0) is 12.0 Å². The van der Waals surface area contributed by atoms with E-state index < -0.39 is 17.0 Å². The summed E-state index contributed by atoms with van der Waals surface area (Å²) in [6.07, 6.45) is 10.1. The molecule has 33 heavy (non-hydrogen) atoms. The summed E-state index contributed by atoms with van der Waals surface area (Å²) >= 11 is 0. The zero-order valence-corrected chi connectivity index (χ0v) is 20.5. The van der Waals surface area contributed by atoms with Crippen molar-refractivity contribution in [3.05, 3.63) is 71.5 Å². The molecule has 2 atom stereocenters. The summed E-state index contributed by atoms with van der Waals surface area (Å²) < 4.78 is 30.6. The molecule has 180 valence electrons. The van der Waals surface area contributed by atoms with Gasteiger partial charge in [0.2, 0.25) is 0 Å². The van der Waals surface area contributed by atoms with Crippen molar-refractivity contribution in [2.24, 2.45) is 0 Å². The zero-order valence-electron chi connectivity index (χ0n) is 20.5. The lowest BCUT2D eigenvalue weighted by molar-refractivity contribution is 0.0795. The van der Waals surface area contributed by atoms with Crippen molar-refractivity contribution < 1.29 is 8.78 Å². The van der Waals surface area contributed by atoms with Crippen molar-refractivity contribution in [2.75, 3.05) is 13.1 Å². The zero-order chi connectivity index (χ0) is 24.0. The molecule has 5 nitrogen and oxygen atoms in total. The van der Waals surface area contributed by atoms with Crippen LogP contribution in [0.4, 0.5) is 8.78 Å². The second kappa shape index (κ2) is 11.1. The fourth-order valence-electron chi connectivity index (χ4n) is 5.06. The first-order valence-electron chi connectivity index (χ1n) is 11.9. The molecule has 0 amide bonds. The van der Waals surface area contributed by atoms with E-state index in [0.717, 1.165) is 32.0 Å². The summed E-state index contributed by atoms with van der Waals surface area (Å²) in [4.78, 5) is 6.52. The van der Waals surface area contributed by atoms with Crippen LogP contribution < -0.4 is 5.32 Å². The van der Waals surface area contributed by atoms with E-state index in [1.54, 1.807) is 17.1 Å². The van der Waals surface area contributed by atoms with Crippen LogP contribution in [0.15, 0.2) is 54.3 Å². The predicted molar refractivity (Wildman–Crippen MR) is 129 cm³/mol. The Morgan fingerprint density at radius 2 is 2.00 bits per heavy atom. The second-order valence-corrected chi connectivity index (χ2v) is 9.27. The number of piperidine rings is 1. The van der Waals surface area contributed by atoms with Gasteiger partial charge < -0.3 is 5.32 Å². The smallest absolute Gasteiger partial charge is 0.137 e. The van der Waals surface area contributed by atoms with Crippen LogP contribution in [-0.4, -0.2) is 44.8 Å². The second-order valence-electron chi connectivity index (χ2n) is 9.27. The monoisotopic (exact) mass is 457 g/mol. The van der Waals surface area contributed by atoms with E-state index in [4.69, 9.17) is 0 Å². The van der Waals surface area contributed by atoms with Gasteiger partial charge in [0.15, 0.2) is 0 Å². The fraction of sp³-hybridized carbons (Fsp3) is 0.538. The number of hydrogen-bond donors (Lipinski definition) is 1. The van der Waals surface area contributed by atoms with Crippen LogP contribution in [0, 0.1) is 11.6 Å². The Bertz CT molecular complexity index is 957. The number of rotatable bonds is 9. The van der Waals surface area contributed by atoms with Gasteiger partial charge in [0, 0.05) is 42.4 Å². The molecule has 2 unspecified atom stereocenters. The van der Waals surface area contributed by atoms with Crippen molar-refractivity contribution in [1.29, 1.82) is 0 Å². The van der Waals surface area contributed by atoms with Gasteiger partial charge in [0.25, 0.3) is 0 Å². The van der Waals surface area contributed by atoms with E-state index in [-0.39, 0.29) is 6.04 Å². The lowest BCUT2D eigenvalue weighted by Crippen LogP contribution is -2.55. The Kier molecular flexibility index (Phi) is 8.40. The number of hydrogen-bond acceptors (Lipinski definition) is 4. The largest absolute Gasteiger partial charge is 0.382 e. The van der Waals surface area contributed by atoms with Gasteiger partial charge in [-0.1, -0.05) is 24.6 Å². The van der Waals surface area contributed by atoms with E-state index in [1.807, 2.05) is 6.92 Å². The van der Waals surface area contributed by atoms with Crippen molar-refractivity contribution in [2.45, 2.75) is 77.9 Å². The average molecular weight is 458 g/mol. The fourth-order valence-corrected chi connectivity index (χ4v) is 5.06. The Labute approximate surface area is 196 Å². The summed E-state index contributed by atoms with van der Waals surface area (Å²) in [5.41, 5.74) is 2.43. The molecule has 0 spiro atoms. The molecule has 1 N–H and O–H groups in total. The number of nitrogens with zero attached hydrogens (tertiary/aromatic N) is 4. The van der Waals surface area contributed by atoms with Crippen LogP contribution in [0.1, 0.15) is 59.4 Å². The van der Waals surface area contributed by atoms with Gasteiger partial charge in [0.1, 0.15) is 24.3 Å². The first-order chi connectivity index (χ1) is 15.8. The van der Waals surface area contributed by atoms with E-state index in [9.17, 15) is 4.39 Å². The molecule has 1 aromatic heterocycles. The minimum absolute atomic E-state index is 0.0334. The van der Waals surface area contributed by atoms with Gasteiger partial charge in [-0.25, -0.2) is 13.8 Å². The molecule has 0 aliphatic carbocycles. The molecule has 2 aromatic rings. The van der Waals surface area contributed by atoms with E-state index in [2.05, 4.69) is 60.1 Å². The quantitative estimate of drug-likeness (QED) is 0.525. The Balaban J connectivity index is 1.84. The Morgan fingerprint density at radius 3 is 2.55 bits per heavy atom. The summed E-state index contributed by atoms with van der Waals surface area (Å²) in [5.74, 6) is -1.06. The molecule has 0 saturated carbocycles. The molecule has 0 radical (unpaired) electrons. The van der Waals surface area contributed by atoms with Crippen LogP contribution in [0.2, 0.25) is 0 Å². The van der Waals surface area contributed by atoms with Crippen molar-refractivity contribution in [3.63, 3.8) is 0 Å². The maximum atomic E-state index is 15.1. The lowest BCUT2D eigenvalue weighted by Gasteiger charge is -2.47. The van der Waals surface area contributed by atoms with E-state index in [0.29, 0.717) is 24.6 Å². The lowest BCUT2D eigenvalue weighted by atomic mass is 9.71. The maximum absolute atomic E-state index is 15.1. The molecular formula is C26H37F2N5. The van der Waals surface area contributed by atoms with Gasteiger partial charge in [0.05, 0.1) is 6.54 Å². The Hall–Kier alpha value is -2.54. The summed E-state index contributed by atoms with van der Waals surface area (Å²) in [6.45, 7) is 12.8. The van der Waals surface area contributed by atoms with Crippen molar-refractivity contribution in [3.8, 4) is 0 Å². The molecule has 1 fully saturated rings. The molecular weight excluding hydrogens is 420 g/mol. The highest BCUT2D eigenvalue weighted by Gasteiger charge is 2.43. The van der Waals surface area contributed by atoms with Gasteiger partial charge in [-0.15, -0.1) is 0 Å². The number of allylic oxidation sites excluding steroid dienone is 3. The SMILES string of the molecule is C/C=C\C(NC1CCN(C(C)C(CC)(Cn2cncn2)c2ccc(F)cc2F)CC1)=C(C)C. The molecule has 1 aliphatic rings. The molecule has 3 rings (SSSR count). The number of nitrogens with one attached hydrogen (secondary N) is 1. The highest BCUT2D eigenvalue weighted by Crippen LogP contribution is 2.39. The third kappa shape index (κ3) is 5.69. The number of halogens is 2. The highest BCUT2D eigenvalue weighted by atomic mass is 19.1. The number of aromatic nitrogens is 3. The predicted octanol–water partition coefficient (Wildman–Crippen LogP) is 5.22. The summed E-state index contributed by atoms with van der Waals surface area (Å²) in [6, 6.07) is 4.39. The topological polar surface area (TPSA) is 46.0 Å². The summed E-state index contributed by atoms with van der Waals surface area (Å²) in [7, 11) is 0. The first-order valence-corrected chi connectivity index (χ1v) is 11.9. The maximum Gasteiger partial charge on any atom is 0.137 e. The molecule has 2 heterocycles. The van der Waals surface area contributed by atoms with Gasteiger partial charge >= 0.3 is 0 Å². The Morgan fingerprint density at radius 1 is 1.27 bits per heavy atom. The van der Waals surface area contributed by atoms with Crippen LogP contribution >= 0.6 is 0 Å². The number of benzene rings is 1. The van der Waals surface area contributed by atoms with Crippen LogP contribution in [0.3, 0.4) is 0 Å².